The second-order valence-electron chi connectivity index (χ2n) is 4.41. The van der Waals surface area contributed by atoms with E-state index in [4.69, 9.17) is 17.0 Å². The largest absolute Gasteiger partial charge is 0.378 e. The van der Waals surface area contributed by atoms with Crippen LogP contribution in [0.4, 0.5) is 0 Å². The Balaban J connectivity index is 2.27. The van der Waals surface area contributed by atoms with E-state index in [1.807, 2.05) is 11.8 Å². The SMILES string of the molecule is CCCCNC(=S)NC(C)C(=O)N1CCOCC1. The summed E-state index contributed by atoms with van der Waals surface area (Å²) in [5, 5.41) is 6.67. The summed E-state index contributed by atoms with van der Waals surface area (Å²) in [4.78, 5) is 13.9. The van der Waals surface area contributed by atoms with Crippen molar-refractivity contribution in [3.63, 3.8) is 0 Å². The number of hydrogen-bond acceptors (Lipinski definition) is 3. The molecule has 1 unspecified atom stereocenters. The van der Waals surface area contributed by atoms with Gasteiger partial charge in [-0.05, 0) is 25.6 Å². The van der Waals surface area contributed by atoms with Crippen molar-refractivity contribution < 1.29 is 9.53 Å². The molecule has 18 heavy (non-hydrogen) atoms. The smallest absolute Gasteiger partial charge is 0.244 e. The lowest BCUT2D eigenvalue weighted by atomic mass is 10.2. The minimum Gasteiger partial charge on any atom is -0.378 e. The number of nitrogens with one attached hydrogen (secondary N) is 2. The lowest BCUT2D eigenvalue weighted by Crippen LogP contribution is -2.52. The van der Waals surface area contributed by atoms with Crippen LogP contribution in [-0.4, -0.2) is 54.8 Å². The molecule has 0 radical (unpaired) electrons. The highest BCUT2D eigenvalue weighted by molar-refractivity contribution is 7.80. The molecule has 1 amide bonds. The Hall–Kier alpha value is -0.880. The van der Waals surface area contributed by atoms with Gasteiger partial charge in [0.25, 0.3) is 0 Å². The van der Waals surface area contributed by atoms with E-state index in [1.165, 1.54) is 0 Å². The monoisotopic (exact) mass is 273 g/mol. The van der Waals surface area contributed by atoms with Gasteiger partial charge >= 0.3 is 0 Å². The van der Waals surface area contributed by atoms with Crippen molar-refractivity contribution in [1.82, 2.24) is 15.5 Å². The molecule has 0 aromatic carbocycles. The molecule has 5 nitrogen and oxygen atoms in total. The Morgan fingerprint density at radius 2 is 2.11 bits per heavy atom. The first-order valence-corrected chi connectivity index (χ1v) is 6.97. The van der Waals surface area contributed by atoms with Crippen LogP contribution >= 0.6 is 12.2 Å². The van der Waals surface area contributed by atoms with E-state index in [0.29, 0.717) is 31.4 Å². The number of carbonyl (C=O) groups excluding carboxylic acids is 1. The van der Waals surface area contributed by atoms with Crippen LogP contribution in [0, 0.1) is 0 Å². The molecule has 0 spiro atoms. The van der Waals surface area contributed by atoms with E-state index < -0.39 is 0 Å². The van der Waals surface area contributed by atoms with E-state index in [1.54, 1.807) is 0 Å². The Labute approximate surface area is 114 Å². The normalized spacial score (nSPS) is 17.1. The van der Waals surface area contributed by atoms with Crippen LogP contribution < -0.4 is 10.6 Å². The first kappa shape index (κ1) is 15.2. The fourth-order valence-electron chi connectivity index (χ4n) is 1.75. The van der Waals surface area contributed by atoms with Crippen molar-refractivity contribution in [1.29, 1.82) is 0 Å². The molecule has 0 aromatic heterocycles. The lowest BCUT2D eigenvalue weighted by molar-refractivity contribution is -0.136. The van der Waals surface area contributed by atoms with Gasteiger partial charge in [0.1, 0.15) is 6.04 Å². The fraction of sp³-hybridized carbons (Fsp3) is 0.833. The Morgan fingerprint density at radius 3 is 2.72 bits per heavy atom. The molecular formula is C12H23N3O2S. The number of carbonyl (C=O) groups is 1. The Bertz CT molecular complexity index is 280. The molecule has 6 heteroatoms. The summed E-state index contributed by atoms with van der Waals surface area (Å²) in [6.07, 6.45) is 2.20. The minimum absolute atomic E-state index is 0.0814. The van der Waals surface area contributed by atoms with E-state index >= 15 is 0 Å². The first-order chi connectivity index (χ1) is 8.65. The molecule has 0 bridgehead atoms. The summed E-state index contributed by atoms with van der Waals surface area (Å²) in [6, 6.07) is -0.287. The molecule has 2 N–H and O–H groups in total. The summed E-state index contributed by atoms with van der Waals surface area (Å²) in [5.74, 6) is 0.0814. The molecule has 1 rings (SSSR count). The second-order valence-corrected chi connectivity index (χ2v) is 4.82. The van der Waals surface area contributed by atoms with Gasteiger partial charge in [0, 0.05) is 19.6 Å². The molecule has 0 saturated carbocycles. The first-order valence-electron chi connectivity index (χ1n) is 6.56. The Morgan fingerprint density at radius 1 is 1.44 bits per heavy atom. The molecule has 1 saturated heterocycles. The molecule has 1 aliphatic rings. The number of amides is 1. The number of nitrogens with zero attached hydrogens (tertiary/aromatic N) is 1. The molecule has 1 heterocycles. The van der Waals surface area contributed by atoms with Crippen LogP contribution in [0.25, 0.3) is 0 Å². The highest BCUT2D eigenvalue weighted by Gasteiger charge is 2.22. The third kappa shape index (κ3) is 5.18. The molecule has 0 aliphatic carbocycles. The molecule has 0 aromatic rings. The van der Waals surface area contributed by atoms with Gasteiger partial charge in [0.2, 0.25) is 5.91 Å². The van der Waals surface area contributed by atoms with Crippen molar-refractivity contribution in [2.75, 3.05) is 32.8 Å². The zero-order chi connectivity index (χ0) is 13.4. The number of rotatable bonds is 5. The van der Waals surface area contributed by atoms with Gasteiger partial charge < -0.3 is 20.3 Å². The van der Waals surface area contributed by atoms with E-state index in [9.17, 15) is 4.79 Å². The second kappa shape index (κ2) is 8.26. The topological polar surface area (TPSA) is 53.6 Å². The van der Waals surface area contributed by atoms with Crippen LogP contribution in [0.1, 0.15) is 26.7 Å². The van der Waals surface area contributed by atoms with Gasteiger partial charge in [-0.3, -0.25) is 4.79 Å². The van der Waals surface area contributed by atoms with Gasteiger partial charge in [0.15, 0.2) is 5.11 Å². The average Bonchev–Trinajstić information content (AvgIpc) is 2.39. The van der Waals surface area contributed by atoms with Gasteiger partial charge in [-0.2, -0.15) is 0 Å². The van der Waals surface area contributed by atoms with E-state index in [-0.39, 0.29) is 11.9 Å². The number of ether oxygens (including phenoxy) is 1. The predicted molar refractivity (Wildman–Crippen MR) is 75.5 cm³/mol. The summed E-state index contributed by atoms with van der Waals surface area (Å²) < 4.78 is 5.22. The van der Waals surface area contributed by atoms with Gasteiger partial charge in [0.05, 0.1) is 13.2 Å². The van der Waals surface area contributed by atoms with E-state index in [2.05, 4.69) is 17.6 Å². The zero-order valence-electron chi connectivity index (χ0n) is 11.2. The summed E-state index contributed by atoms with van der Waals surface area (Å²) in [5.41, 5.74) is 0. The number of hydrogen-bond donors (Lipinski definition) is 2. The third-order valence-corrected chi connectivity index (χ3v) is 3.12. The fourth-order valence-corrected chi connectivity index (χ4v) is 2.02. The summed E-state index contributed by atoms with van der Waals surface area (Å²) in [7, 11) is 0. The maximum Gasteiger partial charge on any atom is 0.244 e. The van der Waals surface area contributed by atoms with Gasteiger partial charge in [-0.1, -0.05) is 13.3 Å². The lowest BCUT2D eigenvalue weighted by Gasteiger charge is -2.29. The zero-order valence-corrected chi connectivity index (χ0v) is 12.0. The number of thiocarbonyl (C=S) groups is 1. The maximum absolute atomic E-state index is 12.1. The highest BCUT2D eigenvalue weighted by atomic mass is 32.1. The third-order valence-electron chi connectivity index (χ3n) is 2.86. The molecule has 1 atom stereocenters. The molecule has 1 fully saturated rings. The Kier molecular flexibility index (Phi) is 6.97. The minimum atomic E-state index is -0.287. The molecule has 1 aliphatic heterocycles. The number of unbranched alkanes of at least 4 members (excludes halogenated alkanes) is 1. The van der Waals surface area contributed by atoms with Gasteiger partial charge in [-0.15, -0.1) is 0 Å². The van der Waals surface area contributed by atoms with Crippen molar-refractivity contribution in [2.24, 2.45) is 0 Å². The summed E-state index contributed by atoms with van der Waals surface area (Å²) in [6.45, 7) is 7.40. The average molecular weight is 273 g/mol. The molecular weight excluding hydrogens is 250 g/mol. The van der Waals surface area contributed by atoms with Crippen LogP contribution in [-0.2, 0) is 9.53 Å². The quantitative estimate of drug-likeness (QED) is 0.564. The van der Waals surface area contributed by atoms with Crippen LogP contribution in [0.3, 0.4) is 0 Å². The standard InChI is InChI=1S/C12H23N3O2S/c1-3-4-5-13-12(18)14-10(2)11(16)15-6-8-17-9-7-15/h10H,3-9H2,1-2H3,(H2,13,14,18). The van der Waals surface area contributed by atoms with Crippen LogP contribution in [0.15, 0.2) is 0 Å². The van der Waals surface area contributed by atoms with Gasteiger partial charge in [-0.25, -0.2) is 0 Å². The van der Waals surface area contributed by atoms with Crippen molar-refractivity contribution in [3.8, 4) is 0 Å². The van der Waals surface area contributed by atoms with Crippen molar-refractivity contribution in [3.05, 3.63) is 0 Å². The predicted octanol–water partition coefficient (Wildman–Crippen LogP) is 0.498. The summed E-state index contributed by atoms with van der Waals surface area (Å²) >= 11 is 5.15. The number of morpholine rings is 1. The van der Waals surface area contributed by atoms with E-state index in [0.717, 1.165) is 19.4 Å². The maximum atomic E-state index is 12.1. The van der Waals surface area contributed by atoms with Crippen LogP contribution in [0.2, 0.25) is 0 Å². The van der Waals surface area contributed by atoms with Crippen LogP contribution in [0.5, 0.6) is 0 Å². The highest BCUT2D eigenvalue weighted by Crippen LogP contribution is 2.00. The van der Waals surface area contributed by atoms with Crippen molar-refractivity contribution >= 4 is 23.2 Å². The van der Waals surface area contributed by atoms with Crippen molar-refractivity contribution in [2.45, 2.75) is 32.7 Å². The molecule has 104 valence electrons.